The number of hydrogen-bond donors (Lipinski definition) is 0. The van der Waals surface area contributed by atoms with Crippen LogP contribution in [0.3, 0.4) is 0 Å². The van der Waals surface area contributed by atoms with Gasteiger partial charge in [-0.1, -0.05) is 6.07 Å². The number of likely N-dealkylation sites (N-methyl/N-ethyl adjacent to an activating group) is 2. The molecule has 0 bridgehead atoms. The smallest absolute Gasteiger partial charge is 0.276 e. The van der Waals surface area contributed by atoms with E-state index in [1.54, 1.807) is 43.2 Å². The normalized spacial score (nSPS) is 16.9. The van der Waals surface area contributed by atoms with E-state index in [0.29, 0.717) is 28.9 Å². The number of thiocarbonyl (C=S) groups is 1. The summed E-state index contributed by atoms with van der Waals surface area (Å²) in [6.07, 6.45) is 1.80. The molecule has 0 saturated carbocycles. The summed E-state index contributed by atoms with van der Waals surface area (Å²) in [6.45, 7) is 2.46. The topological polar surface area (TPSA) is 42.0 Å². The number of methoxy groups -OCH3 is 2. The van der Waals surface area contributed by atoms with Crippen LogP contribution in [0.25, 0.3) is 6.08 Å². The molecule has 1 heterocycles. The maximum atomic E-state index is 12.3. The Morgan fingerprint density at radius 1 is 1.24 bits per heavy atom. The van der Waals surface area contributed by atoms with Crippen molar-refractivity contribution in [1.82, 2.24) is 9.80 Å². The van der Waals surface area contributed by atoms with E-state index >= 15 is 0 Å². The van der Waals surface area contributed by atoms with Gasteiger partial charge in [0.15, 0.2) is 16.6 Å². The van der Waals surface area contributed by atoms with E-state index < -0.39 is 0 Å². The summed E-state index contributed by atoms with van der Waals surface area (Å²) >= 11 is 5.27. The van der Waals surface area contributed by atoms with Crippen molar-refractivity contribution in [3.05, 3.63) is 29.5 Å². The molecule has 1 aromatic rings. The number of hydrogen-bond acceptors (Lipinski definition) is 4. The molecule has 5 nitrogen and oxygen atoms in total. The number of nitrogens with zero attached hydrogens (tertiary/aromatic N) is 2. The molecule has 0 atom stereocenters. The predicted octanol–water partition coefficient (Wildman–Crippen LogP) is 2.12. The molecule has 112 valence electrons. The van der Waals surface area contributed by atoms with Gasteiger partial charge >= 0.3 is 0 Å². The first-order valence-electron chi connectivity index (χ1n) is 6.56. The number of ether oxygens (including phenoxy) is 2. The molecule has 0 radical (unpaired) electrons. The van der Waals surface area contributed by atoms with Crippen LogP contribution in [0.15, 0.2) is 23.9 Å². The van der Waals surface area contributed by atoms with Crippen molar-refractivity contribution >= 4 is 29.3 Å². The number of amides is 1. The van der Waals surface area contributed by atoms with E-state index in [9.17, 15) is 4.79 Å². The van der Waals surface area contributed by atoms with Crippen molar-refractivity contribution in [2.45, 2.75) is 6.92 Å². The van der Waals surface area contributed by atoms with Crippen LogP contribution in [0, 0.1) is 0 Å². The number of benzene rings is 1. The Balaban J connectivity index is 2.40. The van der Waals surface area contributed by atoms with E-state index in [0.717, 1.165) is 5.56 Å². The summed E-state index contributed by atoms with van der Waals surface area (Å²) in [7, 11) is 4.96. The van der Waals surface area contributed by atoms with Crippen LogP contribution in [0.1, 0.15) is 12.5 Å². The molecule has 1 saturated heterocycles. The summed E-state index contributed by atoms with van der Waals surface area (Å²) in [5.41, 5.74) is 1.40. The first-order chi connectivity index (χ1) is 10.0. The third-order valence-corrected chi connectivity index (χ3v) is 3.86. The van der Waals surface area contributed by atoms with E-state index in [1.165, 1.54) is 0 Å². The summed E-state index contributed by atoms with van der Waals surface area (Å²) < 4.78 is 10.5. The molecule has 21 heavy (non-hydrogen) atoms. The fourth-order valence-electron chi connectivity index (χ4n) is 2.19. The number of rotatable bonds is 4. The molecule has 6 heteroatoms. The minimum Gasteiger partial charge on any atom is -0.493 e. The maximum absolute atomic E-state index is 12.3. The first kappa shape index (κ1) is 15.3. The average molecular weight is 306 g/mol. The lowest BCUT2D eigenvalue weighted by Gasteiger charge is -2.13. The Labute approximate surface area is 129 Å². The molecular weight excluding hydrogens is 288 g/mol. The Bertz CT molecular complexity index is 613. The monoisotopic (exact) mass is 306 g/mol. The molecule has 0 spiro atoms. The highest BCUT2D eigenvalue weighted by atomic mass is 32.1. The van der Waals surface area contributed by atoms with Crippen molar-refractivity contribution in [3.63, 3.8) is 0 Å². The van der Waals surface area contributed by atoms with Gasteiger partial charge in [0.25, 0.3) is 5.91 Å². The fourth-order valence-corrected chi connectivity index (χ4v) is 2.50. The van der Waals surface area contributed by atoms with Crippen LogP contribution in [-0.4, -0.2) is 48.6 Å². The first-order valence-corrected chi connectivity index (χ1v) is 6.97. The van der Waals surface area contributed by atoms with Gasteiger partial charge in [-0.15, -0.1) is 0 Å². The second kappa shape index (κ2) is 6.13. The molecule has 2 rings (SSSR count). The van der Waals surface area contributed by atoms with Crippen molar-refractivity contribution in [3.8, 4) is 11.5 Å². The second-order valence-electron chi connectivity index (χ2n) is 4.54. The predicted molar refractivity (Wildman–Crippen MR) is 85.3 cm³/mol. The van der Waals surface area contributed by atoms with Gasteiger partial charge < -0.3 is 14.4 Å². The zero-order chi connectivity index (χ0) is 15.6. The Hall–Kier alpha value is -2.08. The third-order valence-electron chi connectivity index (χ3n) is 3.37. The lowest BCUT2D eigenvalue weighted by molar-refractivity contribution is -0.122. The van der Waals surface area contributed by atoms with Crippen LogP contribution >= 0.6 is 12.2 Å². The van der Waals surface area contributed by atoms with Gasteiger partial charge in [-0.3, -0.25) is 9.69 Å². The summed E-state index contributed by atoms with van der Waals surface area (Å²) in [4.78, 5) is 15.6. The quantitative estimate of drug-likeness (QED) is 0.630. The molecular formula is C15H18N2O3S. The van der Waals surface area contributed by atoms with Gasteiger partial charge in [-0.25, -0.2) is 0 Å². The molecule has 1 fully saturated rings. The summed E-state index contributed by atoms with van der Waals surface area (Å²) in [5, 5.41) is 0.522. The van der Waals surface area contributed by atoms with Crippen LogP contribution in [-0.2, 0) is 4.79 Å². The third kappa shape index (κ3) is 2.71. The highest BCUT2D eigenvalue weighted by Gasteiger charge is 2.34. The van der Waals surface area contributed by atoms with E-state index in [-0.39, 0.29) is 5.91 Å². The molecule has 1 aromatic carbocycles. The highest BCUT2D eigenvalue weighted by molar-refractivity contribution is 7.80. The largest absolute Gasteiger partial charge is 0.493 e. The van der Waals surface area contributed by atoms with Gasteiger partial charge in [0.1, 0.15) is 5.70 Å². The fraction of sp³-hybridized carbons (Fsp3) is 0.333. The van der Waals surface area contributed by atoms with E-state index in [4.69, 9.17) is 21.7 Å². The number of carbonyl (C=O) groups excluding carboxylic acids is 1. The molecule has 0 aromatic heterocycles. The minimum atomic E-state index is -0.0835. The number of carbonyl (C=O) groups is 1. The van der Waals surface area contributed by atoms with Crippen molar-refractivity contribution < 1.29 is 14.3 Å². The Morgan fingerprint density at radius 2 is 1.90 bits per heavy atom. The SMILES string of the molecule is CCN1C(=O)/C(=C/c2ccc(OC)c(OC)c2)N(C)C1=S. The van der Waals surface area contributed by atoms with Crippen molar-refractivity contribution in [2.24, 2.45) is 0 Å². The molecule has 1 amide bonds. The van der Waals surface area contributed by atoms with Gasteiger partial charge in [0.05, 0.1) is 14.2 Å². The summed E-state index contributed by atoms with van der Waals surface area (Å²) in [6, 6.07) is 5.50. The maximum Gasteiger partial charge on any atom is 0.276 e. The standard InChI is InChI=1S/C15H18N2O3S/c1-5-17-14(18)11(16(2)15(17)21)8-10-6-7-12(19-3)13(9-10)20-4/h6-9H,5H2,1-4H3/b11-8-. The van der Waals surface area contributed by atoms with Crippen LogP contribution in [0.2, 0.25) is 0 Å². The lowest BCUT2D eigenvalue weighted by atomic mass is 10.1. The molecule has 0 aliphatic carbocycles. The second-order valence-corrected chi connectivity index (χ2v) is 4.90. The lowest BCUT2D eigenvalue weighted by Crippen LogP contribution is -2.30. The van der Waals surface area contributed by atoms with Crippen LogP contribution < -0.4 is 9.47 Å². The molecule has 1 aliphatic rings. The minimum absolute atomic E-state index is 0.0835. The van der Waals surface area contributed by atoms with Crippen molar-refractivity contribution in [1.29, 1.82) is 0 Å². The van der Waals surface area contributed by atoms with Gasteiger partial charge in [-0.2, -0.15) is 0 Å². The molecule has 1 aliphatic heterocycles. The molecule has 0 N–H and O–H groups in total. The van der Waals surface area contributed by atoms with Gasteiger partial charge in [0, 0.05) is 13.6 Å². The average Bonchev–Trinajstić information content (AvgIpc) is 2.70. The van der Waals surface area contributed by atoms with Gasteiger partial charge in [0.2, 0.25) is 0 Å². The van der Waals surface area contributed by atoms with Crippen LogP contribution in [0.4, 0.5) is 0 Å². The highest BCUT2D eigenvalue weighted by Crippen LogP contribution is 2.29. The zero-order valence-electron chi connectivity index (χ0n) is 12.5. The Morgan fingerprint density at radius 3 is 2.43 bits per heavy atom. The molecule has 0 unspecified atom stereocenters. The van der Waals surface area contributed by atoms with E-state index in [1.807, 2.05) is 19.1 Å². The van der Waals surface area contributed by atoms with Gasteiger partial charge in [-0.05, 0) is 42.9 Å². The van der Waals surface area contributed by atoms with Crippen molar-refractivity contribution in [2.75, 3.05) is 27.8 Å². The Kier molecular flexibility index (Phi) is 4.47. The van der Waals surface area contributed by atoms with E-state index in [2.05, 4.69) is 0 Å². The zero-order valence-corrected chi connectivity index (χ0v) is 13.4. The summed E-state index contributed by atoms with van der Waals surface area (Å²) in [5.74, 6) is 1.19. The van der Waals surface area contributed by atoms with Crippen LogP contribution in [0.5, 0.6) is 11.5 Å².